The van der Waals surface area contributed by atoms with Crippen molar-refractivity contribution < 1.29 is 0 Å². The molecule has 0 aromatic carbocycles. The molecule has 70 valence electrons. The minimum Gasteiger partial charge on any atom is -0.298 e. The van der Waals surface area contributed by atoms with Gasteiger partial charge in [0, 0.05) is 12.7 Å². The highest BCUT2D eigenvalue weighted by Crippen LogP contribution is 2.11. The molecule has 0 amide bonds. The predicted octanol–water partition coefficient (Wildman–Crippen LogP) is 1.99. The standard InChI is InChI=1S/C11H16N2/c1-10-4-5-12-11(8-10)9-13-6-2-3-7-13/h4-5,8H,2-3,6-7,9H2,1H3. The number of likely N-dealkylation sites (tertiary alicyclic amines) is 1. The highest BCUT2D eigenvalue weighted by Gasteiger charge is 2.11. The molecule has 1 fully saturated rings. The Bertz CT molecular complexity index is 277. The molecule has 2 heterocycles. The van der Waals surface area contributed by atoms with Crippen LogP contribution in [0.5, 0.6) is 0 Å². The molecule has 0 atom stereocenters. The highest BCUT2D eigenvalue weighted by atomic mass is 15.1. The molecule has 2 nitrogen and oxygen atoms in total. The van der Waals surface area contributed by atoms with Crippen molar-refractivity contribution in [3.8, 4) is 0 Å². The summed E-state index contributed by atoms with van der Waals surface area (Å²) >= 11 is 0. The minimum atomic E-state index is 1.03. The van der Waals surface area contributed by atoms with Crippen molar-refractivity contribution in [3.05, 3.63) is 29.6 Å². The first-order chi connectivity index (χ1) is 6.34. The van der Waals surface area contributed by atoms with E-state index in [0.717, 1.165) is 6.54 Å². The van der Waals surface area contributed by atoms with E-state index in [1.807, 2.05) is 12.3 Å². The van der Waals surface area contributed by atoms with Crippen molar-refractivity contribution in [1.29, 1.82) is 0 Å². The van der Waals surface area contributed by atoms with Gasteiger partial charge in [0.05, 0.1) is 5.69 Å². The average Bonchev–Trinajstić information content (AvgIpc) is 2.57. The summed E-state index contributed by atoms with van der Waals surface area (Å²) in [6.45, 7) is 5.64. The SMILES string of the molecule is Cc1ccnc(CN2CCCC2)c1. The Morgan fingerprint density at radius 2 is 2.15 bits per heavy atom. The average molecular weight is 176 g/mol. The summed E-state index contributed by atoms with van der Waals surface area (Å²) in [7, 11) is 0. The first-order valence-corrected chi connectivity index (χ1v) is 4.98. The van der Waals surface area contributed by atoms with Crippen LogP contribution in [0.2, 0.25) is 0 Å². The quantitative estimate of drug-likeness (QED) is 0.685. The lowest BCUT2D eigenvalue weighted by Gasteiger charge is -2.13. The number of aromatic nitrogens is 1. The van der Waals surface area contributed by atoms with Gasteiger partial charge in [-0.05, 0) is 50.6 Å². The first kappa shape index (κ1) is 8.70. The van der Waals surface area contributed by atoms with Gasteiger partial charge in [0.25, 0.3) is 0 Å². The summed E-state index contributed by atoms with van der Waals surface area (Å²) in [6.07, 6.45) is 4.61. The van der Waals surface area contributed by atoms with Gasteiger partial charge in [-0.1, -0.05) is 0 Å². The van der Waals surface area contributed by atoms with Gasteiger partial charge in [0.15, 0.2) is 0 Å². The Morgan fingerprint density at radius 1 is 1.38 bits per heavy atom. The molecule has 1 aromatic rings. The van der Waals surface area contributed by atoms with Crippen LogP contribution in [0.15, 0.2) is 18.3 Å². The second-order valence-corrected chi connectivity index (χ2v) is 3.81. The van der Waals surface area contributed by atoms with Crippen molar-refractivity contribution in [2.24, 2.45) is 0 Å². The van der Waals surface area contributed by atoms with Crippen molar-refractivity contribution in [2.75, 3.05) is 13.1 Å². The number of hydrogen-bond donors (Lipinski definition) is 0. The molecule has 0 aliphatic carbocycles. The molecule has 13 heavy (non-hydrogen) atoms. The molecule has 0 bridgehead atoms. The lowest BCUT2D eigenvalue weighted by Crippen LogP contribution is -2.19. The maximum Gasteiger partial charge on any atom is 0.0546 e. The topological polar surface area (TPSA) is 16.1 Å². The van der Waals surface area contributed by atoms with Gasteiger partial charge in [-0.25, -0.2) is 0 Å². The molecule has 0 radical (unpaired) electrons. The molecular formula is C11H16N2. The maximum atomic E-state index is 4.36. The van der Waals surface area contributed by atoms with Gasteiger partial charge in [-0.2, -0.15) is 0 Å². The van der Waals surface area contributed by atoms with E-state index in [4.69, 9.17) is 0 Å². The molecule has 0 unspecified atom stereocenters. The van der Waals surface area contributed by atoms with Crippen LogP contribution in [0.25, 0.3) is 0 Å². The van der Waals surface area contributed by atoms with Crippen LogP contribution in [-0.2, 0) is 6.54 Å². The maximum absolute atomic E-state index is 4.36. The van der Waals surface area contributed by atoms with Crippen LogP contribution in [0.4, 0.5) is 0 Å². The summed E-state index contributed by atoms with van der Waals surface area (Å²) in [6, 6.07) is 4.23. The molecule has 2 rings (SSSR count). The van der Waals surface area contributed by atoms with E-state index in [-0.39, 0.29) is 0 Å². The Balaban J connectivity index is 2.00. The first-order valence-electron chi connectivity index (χ1n) is 4.98. The van der Waals surface area contributed by atoms with Crippen molar-refractivity contribution in [2.45, 2.75) is 26.3 Å². The molecule has 0 saturated carbocycles. The lowest BCUT2D eigenvalue weighted by molar-refractivity contribution is 0.327. The fraction of sp³-hybridized carbons (Fsp3) is 0.545. The van der Waals surface area contributed by atoms with E-state index in [9.17, 15) is 0 Å². The fourth-order valence-electron chi connectivity index (χ4n) is 1.86. The van der Waals surface area contributed by atoms with Gasteiger partial charge in [0.1, 0.15) is 0 Å². The zero-order valence-corrected chi connectivity index (χ0v) is 8.16. The minimum absolute atomic E-state index is 1.03. The Labute approximate surface area is 79.6 Å². The van der Waals surface area contributed by atoms with E-state index in [1.54, 1.807) is 0 Å². The molecule has 1 aliphatic rings. The number of rotatable bonds is 2. The number of nitrogens with zero attached hydrogens (tertiary/aromatic N) is 2. The van der Waals surface area contributed by atoms with E-state index in [1.165, 1.54) is 37.2 Å². The van der Waals surface area contributed by atoms with Crippen molar-refractivity contribution in [1.82, 2.24) is 9.88 Å². The molecule has 0 spiro atoms. The predicted molar refractivity (Wildman–Crippen MR) is 53.5 cm³/mol. The third-order valence-electron chi connectivity index (χ3n) is 2.56. The smallest absolute Gasteiger partial charge is 0.0546 e. The lowest BCUT2D eigenvalue weighted by atomic mass is 10.2. The summed E-state index contributed by atoms with van der Waals surface area (Å²) in [5.74, 6) is 0. The van der Waals surface area contributed by atoms with E-state index in [0.29, 0.717) is 0 Å². The molecule has 0 N–H and O–H groups in total. The van der Waals surface area contributed by atoms with Gasteiger partial charge in [-0.3, -0.25) is 9.88 Å². The van der Waals surface area contributed by atoms with Gasteiger partial charge >= 0.3 is 0 Å². The summed E-state index contributed by atoms with van der Waals surface area (Å²) in [5, 5.41) is 0. The molecule has 1 aromatic heterocycles. The van der Waals surface area contributed by atoms with Crippen LogP contribution < -0.4 is 0 Å². The monoisotopic (exact) mass is 176 g/mol. The van der Waals surface area contributed by atoms with Crippen LogP contribution in [0, 0.1) is 6.92 Å². The summed E-state index contributed by atoms with van der Waals surface area (Å²) in [5.41, 5.74) is 2.52. The van der Waals surface area contributed by atoms with Gasteiger partial charge in [0.2, 0.25) is 0 Å². The summed E-state index contributed by atoms with van der Waals surface area (Å²) in [4.78, 5) is 6.84. The number of hydrogen-bond acceptors (Lipinski definition) is 2. The molecule has 1 saturated heterocycles. The zero-order chi connectivity index (χ0) is 9.10. The number of pyridine rings is 1. The second-order valence-electron chi connectivity index (χ2n) is 3.81. The van der Waals surface area contributed by atoms with Crippen LogP contribution in [-0.4, -0.2) is 23.0 Å². The Morgan fingerprint density at radius 3 is 2.85 bits per heavy atom. The third-order valence-corrected chi connectivity index (χ3v) is 2.56. The largest absolute Gasteiger partial charge is 0.298 e. The van der Waals surface area contributed by atoms with Crippen molar-refractivity contribution >= 4 is 0 Å². The van der Waals surface area contributed by atoms with E-state index < -0.39 is 0 Å². The van der Waals surface area contributed by atoms with Crippen LogP contribution in [0.3, 0.4) is 0 Å². The van der Waals surface area contributed by atoms with E-state index in [2.05, 4.69) is 22.9 Å². The van der Waals surface area contributed by atoms with E-state index >= 15 is 0 Å². The normalized spacial score (nSPS) is 17.9. The third kappa shape index (κ3) is 2.28. The Kier molecular flexibility index (Phi) is 2.60. The van der Waals surface area contributed by atoms with Crippen LogP contribution in [0.1, 0.15) is 24.1 Å². The molecule has 2 heteroatoms. The second kappa shape index (κ2) is 3.88. The Hall–Kier alpha value is -0.890. The number of aryl methyl sites for hydroxylation is 1. The molecular weight excluding hydrogens is 160 g/mol. The van der Waals surface area contributed by atoms with Crippen LogP contribution >= 0.6 is 0 Å². The zero-order valence-electron chi connectivity index (χ0n) is 8.16. The fourth-order valence-corrected chi connectivity index (χ4v) is 1.86. The molecule has 1 aliphatic heterocycles. The van der Waals surface area contributed by atoms with Gasteiger partial charge < -0.3 is 0 Å². The van der Waals surface area contributed by atoms with Crippen molar-refractivity contribution in [3.63, 3.8) is 0 Å². The summed E-state index contributed by atoms with van der Waals surface area (Å²) < 4.78 is 0. The van der Waals surface area contributed by atoms with Gasteiger partial charge in [-0.15, -0.1) is 0 Å². The highest BCUT2D eigenvalue weighted by molar-refractivity contribution is 5.14.